The van der Waals surface area contributed by atoms with Gasteiger partial charge >= 0.3 is 0 Å². The van der Waals surface area contributed by atoms with Gasteiger partial charge in [-0.1, -0.05) is 35.3 Å². The van der Waals surface area contributed by atoms with Crippen molar-refractivity contribution >= 4 is 51.7 Å². The Morgan fingerprint density at radius 1 is 1.18 bits per heavy atom. The fourth-order valence-corrected chi connectivity index (χ4v) is 5.63. The number of nitriles is 1. The highest BCUT2D eigenvalue weighted by atomic mass is 35.5. The number of ketones is 1. The third-order valence-corrected chi connectivity index (χ3v) is 7.85. The SMILES string of the molecule is Cc1nc(C)c(-c2csc(Cc3ccc(C(=O)CC(C#N)c4cccc(Cl)c4Cl)cn3)n2)s1. The largest absolute Gasteiger partial charge is 0.294 e. The second kappa shape index (κ2) is 10.1. The summed E-state index contributed by atoms with van der Waals surface area (Å²) in [6.45, 7) is 3.98. The van der Waals surface area contributed by atoms with Gasteiger partial charge in [-0.05, 0) is 37.6 Å². The van der Waals surface area contributed by atoms with Crippen LogP contribution >= 0.6 is 45.9 Å². The highest BCUT2D eigenvalue weighted by molar-refractivity contribution is 7.16. The number of halogens is 2. The highest BCUT2D eigenvalue weighted by Crippen LogP contribution is 2.33. The van der Waals surface area contributed by atoms with E-state index >= 15 is 0 Å². The van der Waals surface area contributed by atoms with Gasteiger partial charge in [0.1, 0.15) is 0 Å². The summed E-state index contributed by atoms with van der Waals surface area (Å²) in [6.07, 6.45) is 2.13. The summed E-state index contributed by atoms with van der Waals surface area (Å²) in [6, 6.07) is 10.8. The van der Waals surface area contributed by atoms with Crippen molar-refractivity contribution in [3.05, 3.63) is 84.5 Å². The number of hydrogen-bond donors (Lipinski definition) is 0. The molecule has 0 saturated heterocycles. The van der Waals surface area contributed by atoms with Gasteiger partial charge in [-0.25, -0.2) is 9.97 Å². The number of nitrogens with zero attached hydrogens (tertiary/aromatic N) is 4. The zero-order valence-electron chi connectivity index (χ0n) is 17.8. The van der Waals surface area contributed by atoms with Gasteiger partial charge in [0.15, 0.2) is 5.78 Å². The Morgan fingerprint density at radius 2 is 2.00 bits per heavy atom. The number of hydrogen-bond acceptors (Lipinski definition) is 7. The summed E-state index contributed by atoms with van der Waals surface area (Å²) in [5.41, 5.74) is 3.75. The van der Waals surface area contributed by atoms with Crippen molar-refractivity contribution in [1.29, 1.82) is 5.26 Å². The first-order chi connectivity index (χ1) is 15.9. The van der Waals surface area contributed by atoms with Gasteiger partial charge in [0.05, 0.1) is 48.3 Å². The number of thiazole rings is 2. The fourth-order valence-electron chi connectivity index (χ4n) is 3.43. The molecule has 4 aromatic rings. The van der Waals surface area contributed by atoms with Crippen LogP contribution in [0.15, 0.2) is 41.9 Å². The molecule has 0 N–H and O–H groups in total. The maximum absolute atomic E-state index is 12.8. The lowest BCUT2D eigenvalue weighted by Gasteiger charge is -2.11. The van der Waals surface area contributed by atoms with Gasteiger partial charge in [0.2, 0.25) is 0 Å². The van der Waals surface area contributed by atoms with Crippen LogP contribution < -0.4 is 0 Å². The topological polar surface area (TPSA) is 79.5 Å². The molecule has 166 valence electrons. The van der Waals surface area contributed by atoms with E-state index in [0.29, 0.717) is 27.6 Å². The third kappa shape index (κ3) is 5.31. The van der Waals surface area contributed by atoms with Crippen LogP contribution in [0.2, 0.25) is 10.0 Å². The molecule has 3 heterocycles. The Balaban J connectivity index is 1.44. The average Bonchev–Trinajstić information content (AvgIpc) is 3.39. The maximum Gasteiger partial charge on any atom is 0.166 e. The Morgan fingerprint density at radius 3 is 2.67 bits per heavy atom. The van der Waals surface area contributed by atoms with E-state index in [2.05, 4.69) is 16.0 Å². The van der Waals surface area contributed by atoms with Crippen LogP contribution in [0, 0.1) is 25.2 Å². The van der Waals surface area contributed by atoms with Crippen LogP contribution in [0.1, 0.15) is 49.7 Å². The second-order valence-electron chi connectivity index (χ2n) is 7.44. The fraction of sp³-hybridized carbons (Fsp3) is 0.208. The molecule has 0 aliphatic rings. The number of carbonyl (C=O) groups is 1. The minimum absolute atomic E-state index is 0.00104. The van der Waals surface area contributed by atoms with E-state index in [-0.39, 0.29) is 12.2 Å². The first kappa shape index (κ1) is 23.5. The molecule has 0 bridgehead atoms. The van der Waals surface area contributed by atoms with E-state index in [4.69, 9.17) is 28.2 Å². The van der Waals surface area contributed by atoms with Gasteiger partial charge in [-0.3, -0.25) is 9.78 Å². The molecule has 3 aromatic heterocycles. The molecule has 0 aliphatic heterocycles. The van der Waals surface area contributed by atoms with E-state index in [0.717, 1.165) is 32.0 Å². The zero-order chi connectivity index (χ0) is 23.5. The number of pyridine rings is 1. The zero-order valence-corrected chi connectivity index (χ0v) is 20.9. The number of Topliss-reactive ketones (excluding diaryl/α,β-unsaturated/α-hetero) is 1. The number of carbonyl (C=O) groups excluding carboxylic acids is 1. The van der Waals surface area contributed by atoms with Crippen LogP contribution in [0.25, 0.3) is 10.6 Å². The molecular weight excluding hydrogens is 495 g/mol. The summed E-state index contributed by atoms with van der Waals surface area (Å²) < 4.78 is 0. The second-order valence-corrected chi connectivity index (χ2v) is 10.4. The lowest BCUT2D eigenvalue weighted by Crippen LogP contribution is -2.08. The Bertz CT molecular complexity index is 1360. The molecule has 4 rings (SSSR count). The third-order valence-electron chi connectivity index (χ3n) is 5.07. The average molecular weight is 513 g/mol. The van der Waals surface area contributed by atoms with Gasteiger partial charge in [-0.15, -0.1) is 22.7 Å². The number of aryl methyl sites for hydroxylation is 2. The Kier molecular flexibility index (Phi) is 7.20. The van der Waals surface area contributed by atoms with Crippen molar-refractivity contribution < 1.29 is 4.79 Å². The highest BCUT2D eigenvalue weighted by Gasteiger charge is 2.21. The van der Waals surface area contributed by atoms with Crippen molar-refractivity contribution in [2.24, 2.45) is 0 Å². The lowest BCUT2D eigenvalue weighted by atomic mass is 9.93. The first-order valence-corrected chi connectivity index (χ1v) is 12.5. The van der Waals surface area contributed by atoms with E-state index < -0.39 is 5.92 Å². The number of benzene rings is 1. The van der Waals surface area contributed by atoms with E-state index in [1.54, 1.807) is 53.1 Å². The molecule has 5 nitrogen and oxygen atoms in total. The Hall–Kier alpha value is -2.63. The first-order valence-electron chi connectivity index (χ1n) is 10.1. The van der Waals surface area contributed by atoms with Crippen molar-refractivity contribution in [2.75, 3.05) is 0 Å². The number of rotatable bonds is 7. The molecule has 0 fully saturated rings. The van der Waals surface area contributed by atoms with Crippen molar-refractivity contribution in [2.45, 2.75) is 32.6 Å². The normalized spacial score (nSPS) is 11.8. The maximum atomic E-state index is 12.8. The molecule has 1 aromatic carbocycles. The van der Waals surface area contributed by atoms with Crippen LogP contribution in [-0.4, -0.2) is 20.7 Å². The minimum atomic E-state index is -0.684. The van der Waals surface area contributed by atoms with Crippen molar-refractivity contribution in [1.82, 2.24) is 15.0 Å². The minimum Gasteiger partial charge on any atom is -0.294 e. The molecule has 1 atom stereocenters. The molecule has 33 heavy (non-hydrogen) atoms. The van der Waals surface area contributed by atoms with Crippen LogP contribution in [0.5, 0.6) is 0 Å². The summed E-state index contributed by atoms with van der Waals surface area (Å²) in [7, 11) is 0. The molecule has 9 heteroatoms. The van der Waals surface area contributed by atoms with Crippen molar-refractivity contribution in [3.63, 3.8) is 0 Å². The molecule has 1 unspecified atom stereocenters. The van der Waals surface area contributed by atoms with Gasteiger partial charge in [0, 0.05) is 35.7 Å². The predicted octanol–water partition coefficient (Wildman–Crippen LogP) is 7.06. The quantitative estimate of drug-likeness (QED) is 0.247. The predicted molar refractivity (Wildman–Crippen MR) is 134 cm³/mol. The summed E-state index contributed by atoms with van der Waals surface area (Å²) in [4.78, 5) is 27.5. The lowest BCUT2D eigenvalue weighted by molar-refractivity contribution is 0.0978. The summed E-state index contributed by atoms with van der Waals surface area (Å²) in [5.74, 6) is -0.861. The smallest absolute Gasteiger partial charge is 0.166 e. The van der Waals surface area contributed by atoms with Crippen molar-refractivity contribution in [3.8, 4) is 16.6 Å². The summed E-state index contributed by atoms with van der Waals surface area (Å²) >= 11 is 15.5. The van der Waals surface area contributed by atoms with E-state index in [9.17, 15) is 10.1 Å². The van der Waals surface area contributed by atoms with Gasteiger partial charge in [-0.2, -0.15) is 5.26 Å². The number of aromatic nitrogens is 3. The summed E-state index contributed by atoms with van der Waals surface area (Å²) in [5, 5.41) is 14.2. The van der Waals surface area contributed by atoms with Crippen LogP contribution in [0.4, 0.5) is 0 Å². The molecule has 0 amide bonds. The van der Waals surface area contributed by atoms with E-state index in [1.165, 1.54) is 0 Å². The molecule has 0 saturated carbocycles. The molecule has 0 radical (unpaired) electrons. The van der Waals surface area contributed by atoms with Crippen LogP contribution in [-0.2, 0) is 6.42 Å². The Labute approximate surface area is 209 Å². The molecule has 0 aliphatic carbocycles. The van der Waals surface area contributed by atoms with E-state index in [1.807, 2.05) is 25.3 Å². The molecule has 0 spiro atoms. The van der Waals surface area contributed by atoms with Crippen LogP contribution in [0.3, 0.4) is 0 Å². The standard InChI is InChI=1S/C24H18Cl2N4OS2/c1-13-24(33-14(2)29-13)20-12-32-22(30-20)9-17-7-6-15(11-28-17)21(31)8-16(10-27)18-4-3-5-19(25)23(18)26/h3-7,11-12,16H,8-9H2,1-2H3. The monoisotopic (exact) mass is 512 g/mol. The van der Waals surface area contributed by atoms with Gasteiger partial charge in [0.25, 0.3) is 0 Å². The van der Waals surface area contributed by atoms with Gasteiger partial charge < -0.3 is 0 Å². The molecular formula is C24H18Cl2N4OS2.